The van der Waals surface area contributed by atoms with Gasteiger partial charge in [0.05, 0.1) is 28.3 Å². The predicted octanol–water partition coefficient (Wildman–Crippen LogP) is 1.75. The molecule has 2 aliphatic rings. The molecule has 0 spiro atoms. The first kappa shape index (κ1) is 17.9. The van der Waals surface area contributed by atoms with Gasteiger partial charge >= 0.3 is 0 Å². The number of anilines is 1. The van der Waals surface area contributed by atoms with Crippen LogP contribution >= 0.6 is 11.6 Å². The number of amides is 2. The van der Waals surface area contributed by atoms with Crippen LogP contribution in [0.25, 0.3) is 0 Å². The summed E-state index contributed by atoms with van der Waals surface area (Å²) in [5.41, 5.74) is 1.63. The Kier molecular flexibility index (Phi) is 4.83. The Balaban J connectivity index is 1.77. The van der Waals surface area contributed by atoms with Gasteiger partial charge in [-0.25, -0.2) is 13.4 Å². The Morgan fingerprint density at radius 1 is 1.36 bits per heavy atom. The molecule has 0 aromatic heterocycles. The minimum atomic E-state index is -3.15. The Morgan fingerprint density at radius 3 is 2.76 bits per heavy atom. The molecule has 1 unspecified atom stereocenters. The fraction of sp³-hybridized carbons (Fsp3) is 0.438. The van der Waals surface area contributed by atoms with Crippen LogP contribution in [0.3, 0.4) is 0 Å². The summed E-state index contributed by atoms with van der Waals surface area (Å²) >= 11 is 6.11. The number of aryl methyl sites for hydroxylation is 1. The van der Waals surface area contributed by atoms with E-state index < -0.39 is 21.8 Å². The van der Waals surface area contributed by atoms with Crippen molar-refractivity contribution in [1.82, 2.24) is 5.01 Å². The van der Waals surface area contributed by atoms with E-state index in [9.17, 15) is 18.0 Å². The lowest BCUT2D eigenvalue weighted by Crippen LogP contribution is -2.42. The third-order valence-corrected chi connectivity index (χ3v) is 6.31. The van der Waals surface area contributed by atoms with Crippen LogP contribution in [-0.4, -0.2) is 48.5 Å². The molecule has 1 fully saturated rings. The van der Waals surface area contributed by atoms with E-state index in [4.69, 9.17) is 11.6 Å². The first-order valence-electron chi connectivity index (χ1n) is 7.92. The van der Waals surface area contributed by atoms with E-state index >= 15 is 0 Å². The number of hydrogen-bond acceptors (Lipinski definition) is 5. The number of hydrogen-bond donors (Lipinski definition) is 1. The molecule has 7 nitrogen and oxygen atoms in total. The quantitative estimate of drug-likeness (QED) is 0.860. The van der Waals surface area contributed by atoms with Crippen molar-refractivity contribution in [2.45, 2.75) is 32.2 Å². The monoisotopic (exact) mass is 383 g/mol. The number of benzene rings is 1. The summed E-state index contributed by atoms with van der Waals surface area (Å²) in [6, 6.07) is 4.76. The number of halogens is 1. The summed E-state index contributed by atoms with van der Waals surface area (Å²) in [4.78, 5) is 24.5. The lowest BCUT2D eigenvalue weighted by Gasteiger charge is -2.27. The van der Waals surface area contributed by atoms with Crippen molar-refractivity contribution >= 4 is 44.7 Å². The lowest BCUT2D eigenvalue weighted by atomic mass is 10.1. The number of hydrazone groups is 1. The van der Waals surface area contributed by atoms with Crippen LogP contribution in [0.1, 0.15) is 24.8 Å². The highest BCUT2D eigenvalue weighted by atomic mass is 35.5. The molecule has 0 bridgehead atoms. The second-order valence-electron chi connectivity index (χ2n) is 6.28. The maximum atomic E-state index is 12.4. The molecule has 3 rings (SSSR count). The topological polar surface area (TPSA) is 95.9 Å². The van der Waals surface area contributed by atoms with E-state index in [1.54, 1.807) is 12.1 Å². The third kappa shape index (κ3) is 4.01. The summed E-state index contributed by atoms with van der Waals surface area (Å²) < 4.78 is 23.3. The van der Waals surface area contributed by atoms with Gasteiger partial charge in [0.2, 0.25) is 5.91 Å². The highest BCUT2D eigenvalue weighted by molar-refractivity contribution is 7.91. The van der Waals surface area contributed by atoms with Crippen molar-refractivity contribution in [1.29, 1.82) is 0 Å². The molecule has 134 valence electrons. The molecule has 2 heterocycles. The molecule has 0 radical (unpaired) electrons. The first-order valence-corrected chi connectivity index (χ1v) is 10.1. The van der Waals surface area contributed by atoms with Crippen molar-refractivity contribution < 1.29 is 18.0 Å². The number of nitrogens with one attached hydrogen (secondary N) is 1. The largest absolute Gasteiger partial charge is 0.320 e. The summed E-state index contributed by atoms with van der Waals surface area (Å²) in [5.74, 6) is -0.769. The molecule has 1 aromatic carbocycles. The zero-order valence-electron chi connectivity index (χ0n) is 13.7. The number of carbonyl (C=O) groups is 2. The van der Waals surface area contributed by atoms with Crippen molar-refractivity contribution in [2.75, 3.05) is 16.8 Å². The summed E-state index contributed by atoms with van der Waals surface area (Å²) in [7, 11) is -3.15. The average molecular weight is 384 g/mol. The minimum Gasteiger partial charge on any atom is -0.320 e. The van der Waals surface area contributed by atoms with Crippen molar-refractivity contribution in [2.24, 2.45) is 5.10 Å². The molecule has 0 aliphatic carbocycles. The van der Waals surface area contributed by atoms with E-state index in [0.29, 0.717) is 17.1 Å². The van der Waals surface area contributed by atoms with Gasteiger partial charge in [0.15, 0.2) is 9.84 Å². The molecule has 2 aliphatic heterocycles. The number of sulfone groups is 1. The van der Waals surface area contributed by atoms with E-state index in [1.807, 2.05) is 13.0 Å². The first-order chi connectivity index (χ1) is 11.7. The van der Waals surface area contributed by atoms with Gasteiger partial charge in [-0.15, -0.1) is 0 Å². The highest BCUT2D eigenvalue weighted by Crippen LogP contribution is 2.25. The zero-order valence-corrected chi connectivity index (χ0v) is 15.2. The van der Waals surface area contributed by atoms with Gasteiger partial charge < -0.3 is 5.32 Å². The van der Waals surface area contributed by atoms with Crippen LogP contribution in [0.4, 0.5) is 5.69 Å². The van der Waals surface area contributed by atoms with Crippen LogP contribution in [0, 0.1) is 6.92 Å². The van der Waals surface area contributed by atoms with E-state index in [2.05, 4.69) is 10.4 Å². The van der Waals surface area contributed by atoms with Gasteiger partial charge in [-0.1, -0.05) is 17.7 Å². The van der Waals surface area contributed by atoms with E-state index in [0.717, 1.165) is 5.56 Å². The molecule has 1 saturated heterocycles. The second kappa shape index (κ2) is 6.76. The molecule has 25 heavy (non-hydrogen) atoms. The summed E-state index contributed by atoms with van der Waals surface area (Å²) in [6.07, 6.45) is 0.685. The molecular formula is C16H18ClN3O4S. The fourth-order valence-corrected chi connectivity index (χ4v) is 4.88. The van der Waals surface area contributed by atoms with E-state index in [-0.39, 0.29) is 36.0 Å². The predicted molar refractivity (Wildman–Crippen MR) is 95.4 cm³/mol. The normalized spacial score (nSPS) is 22.6. The standard InChI is InChI=1S/C16H18ClN3O4S/c1-10-2-3-13(12(17)8-10)18-16(22)14-4-5-15(21)20(19-14)11-6-7-25(23,24)9-11/h2-3,8,11H,4-7,9H2,1H3,(H,18,22). The van der Waals surface area contributed by atoms with Crippen LogP contribution in [0.5, 0.6) is 0 Å². The Morgan fingerprint density at radius 2 is 2.12 bits per heavy atom. The average Bonchev–Trinajstić information content (AvgIpc) is 2.90. The van der Waals surface area contributed by atoms with Gasteiger partial charge in [-0.3, -0.25) is 9.59 Å². The van der Waals surface area contributed by atoms with Gasteiger partial charge in [-0.2, -0.15) is 5.10 Å². The number of carbonyl (C=O) groups excluding carboxylic acids is 2. The highest BCUT2D eigenvalue weighted by Gasteiger charge is 2.37. The van der Waals surface area contributed by atoms with Crippen LogP contribution in [0.15, 0.2) is 23.3 Å². The summed E-state index contributed by atoms with van der Waals surface area (Å²) in [6.45, 7) is 1.89. The van der Waals surface area contributed by atoms with E-state index in [1.165, 1.54) is 5.01 Å². The Labute approximate surface area is 150 Å². The van der Waals surface area contributed by atoms with Crippen LogP contribution in [0.2, 0.25) is 5.02 Å². The SMILES string of the molecule is Cc1ccc(NC(=O)C2=NN(C3CCS(=O)(=O)C3)C(=O)CC2)c(Cl)c1. The van der Waals surface area contributed by atoms with Crippen molar-refractivity contribution in [3.05, 3.63) is 28.8 Å². The maximum Gasteiger partial charge on any atom is 0.271 e. The Hall–Kier alpha value is -1.93. The van der Waals surface area contributed by atoms with Crippen molar-refractivity contribution in [3.63, 3.8) is 0 Å². The number of rotatable bonds is 3. The summed E-state index contributed by atoms with van der Waals surface area (Å²) in [5, 5.41) is 8.41. The molecule has 1 atom stereocenters. The smallest absolute Gasteiger partial charge is 0.271 e. The molecule has 2 amide bonds. The van der Waals surface area contributed by atoms with Crippen LogP contribution in [-0.2, 0) is 19.4 Å². The lowest BCUT2D eigenvalue weighted by molar-refractivity contribution is -0.133. The fourth-order valence-electron chi connectivity index (χ4n) is 2.90. The van der Waals surface area contributed by atoms with Gasteiger partial charge in [0.1, 0.15) is 5.71 Å². The zero-order chi connectivity index (χ0) is 18.2. The maximum absolute atomic E-state index is 12.4. The number of nitrogens with zero attached hydrogens (tertiary/aromatic N) is 2. The molecule has 1 aromatic rings. The van der Waals surface area contributed by atoms with Crippen LogP contribution < -0.4 is 5.32 Å². The van der Waals surface area contributed by atoms with Gasteiger partial charge in [0, 0.05) is 12.8 Å². The second-order valence-corrected chi connectivity index (χ2v) is 8.92. The molecular weight excluding hydrogens is 366 g/mol. The molecule has 0 saturated carbocycles. The van der Waals surface area contributed by atoms with Gasteiger partial charge in [0.25, 0.3) is 5.91 Å². The molecule has 9 heteroatoms. The molecule has 1 N–H and O–H groups in total. The minimum absolute atomic E-state index is 0.0392. The van der Waals surface area contributed by atoms with Crippen molar-refractivity contribution in [3.8, 4) is 0 Å². The third-order valence-electron chi connectivity index (χ3n) is 4.25. The Bertz CT molecular complexity index is 866. The van der Waals surface area contributed by atoms with Gasteiger partial charge in [-0.05, 0) is 31.0 Å².